The van der Waals surface area contributed by atoms with Crippen molar-refractivity contribution in [3.8, 4) is 5.75 Å². The molecule has 3 unspecified atom stereocenters. The Bertz CT molecular complexity index is 1020. The Hall–Kier alpha value is -3.40. The Balaban J connectivity index is 1.92. The monoisotopic (exact) mass is 459 g/mol. The van der Waals surface area contributed by atoms with Crippen molar-refractivity contribution in [2.24, 2.45) is 11.8 Å². The third-order valence-corrected chi connectivity index (χ3v) is 5.86. The van der Waals surface area contributed by atoms with Crippen molar-refractivity contribution >= 4 is 12.1 Å². The molecule has 1 aliphatic rings. The lowest BCUT2D eigenvalue weighted by Crippen LogP contribution is -2.38. The standard InChI is InChI=1S/C23H29N3O7/c1-3-32-22(30)17-19(28)21(29)25-20(24-17)18(16-10-9-15(11-16)12-27)26(2)23(31)33-13-14-7-5-4-6-8-14/h4-8,15-16,18,27-28H,3,9-13H2,1-2H3,(H,24,25,29). The molecule has 2 aromatic rings. The van der Waals surface area contributed by atoms with Gasteiger partial charge in [0.25, 0.3) is 5.56 Å². The number of aromatic amines is 1. The van der Waals surface area contributed by atoms with Crippen LogP contribution in [0.15, 0.2) is 35.1 Å². The van der Waals surface area contributed by atoms with Crippen LogP contribution < -0.4 is 5.56 Å². The number of ether oxygens (including phenoxy) is 2. The van der Waals surface area contributed by atoms with Crippen LogP contribution in [0.1, 0.15) is 54.1 Å². The maximum Gasteiger partial charge on any atom is 0.410 e. The first-order valence-corrected chi connectivity index (χ1v) is 10.9. The molecule has 0 spiro atoms. The quantitative estimate of drug-likeness (QED) is 0.511. The summed E-state index contributed by atoms with van der Waals surface area (Å²) in [5.74, 6) is -1.83. The second-order valence-electron chi connectivity index (χ2n) is 8.09. The molecule has 1 aromatic heterocycles. The average Bonchev–Trinajstić information content (AvgIpc) is 3.29. The number of nitrogens with one attached hydrogen (secondary N) is 1. The molecule has 1 heterocycles. The molecular weight excluding hydrogens is 430 g/mol. The highest BCUT2D eigenvalue weighted by atomic mass is 16.6. The number of hydrogen-bond acceptors (Lipinski definition) is 8. The summed E-state index contributed by atoms with van der Waals surface area (Å²) in [6.45, 7) is 1.71. The molecule has 0 aliphatic heterocycles. The van der Waals surface area contributed by atoms with E-state index in [2.05, 4.69) is 9.97 Å². The van der Waals surface area contributed by atoms with Gasteiger partial charge >= 0.3 is 12.1 Å². The zero-order valence-electron chi connectivity index (χ0n) is 18.7. The van der Waals surface area contributed by atoms with Crippen LogP contribution >= 0.6 is 0 Å². The molecule has 33 heavy (non-hydrogen) atoms. The summed E-state index contributed by atoms with van der Waals surface area (Å²) in [5.41, 5.74) is -0.600. The van der Waals surface area contributed by atoms with E-state index in [1.807, 2.05) is 30.3 Å². The summed E-state index contributed by atoms with van der Waals surface area (Å²) in [5, 5.41) is 19.6. The van der Waals surface area contributed by atoms with Crippen LogP contribution in [0.3, 0.4) is 0 Å². The lowest BCUT2D eigenvalue weighted by atomic mass is 9.94. The molecule has 3 N–H and O–H groups in total. The van der Waals surface area contributed by atoms with Gasteiger partial charge in [-0.2, -0.15) is 0 Å². The van der Waals surface area contributed by atoms with Gasteiger partial charge in [0.2, 0.25) is 5.75 Å². The fourth-order valence-electron chi connectivity index (χ4n) is 4.19. The van der Waals surface area contributed by atoms with Gasteiger partial charge in [-0.15, -0.1) is 0 Å². The maximum absolute atomic E-state index is 12.9. The number of aromatic hydroxyl groups is 1. The van der Waals surface area contributed by atoms with E-state index in [4.69, 9.17) is 9.47 Å². The second kappa shape index (κ2) is 11.0. The van der Waals surface area contributed by atoms with Gasteiger partial charge in [-0.05, 0) is 43.6 Å². The molecular formula is C23H29N3O7. The van der Waals surface area contributed by atoms with Gasteiger partial charge in [0.1, 0.15) is 12.4 Å². The Morgan fingerprint density at radius 3 is 2.61 bits per heavy atom. The molecule has 1 aliphatic carbocycles. The van der Waals surface area contributed by atoms with E-state index in [0.29, 0.717) is 12.8 Å². The van der Waals surface area contributed by atoms with Crippen molar-refractivity contribution in [3.63, 3.8) is 0 Å². The third kappa shape index (κ3) is 5.70. The number of rotatable bonds is 8. The summed E-state index contributed by atoms with van der Waals surface area (Å²) in [6.07, 6.45) is 1.38. The zero-order valence-corrected chi connectivity index (χ0v) is 18.7. The van der Waals surface area contributed by atoms with Crippen molar-refractivity contribution < 1.29 is 29.3 Å². The maximum atomic E-state index is 12.9. The molecule has 178 valence electrons. The number of nitrogens with zero attached hydrogens (tertiary/aromatic N) is 2. The van der Waals surface area contributed by atoms with E-state index in [-0.39, 0.29) is 37.5 Å². The van der Waals surface area contributed by atoms with Crippen molar-refractivity contribution in [1.82, 2.24) is 14.9 Å². The van der Waals surface area contributed by atoms with Crippen LogP contribution in [0.5, 0.6) is 5.75 Å². The van der Waals surface area contributed by atoms with Gasteiger partial charge in [0.05, 0.1) is 12.6 Å². The fourth-order valence-corrected chi connectivity index (χ4v) is 4.19. The first-order valence-electron chi connectivity index (χ1n) is 10.9. The van der Waals surface area contributed by atoms with Crippen molar-refractivity contribution in [2.45, 2.75) is 38.8 Å². The average molecular weight is 459 g/mol. The Morgan fingerprint density at radius 1 is 1.24 bits per heavy atom. The van der Waals surface area contributed by atoms with Gasteiger partial charge in [-0.25, -0.2) is 14.6 Å². The SMILES string of the molecule is CCOC(=O)c1nc(C(C2CCC(CO)C2)N(C)C(=O)OCc2ccccc2)[nH]c(=O)c1O. The summed E-state index contributed by atoms with van der Waals surface area (Å²) in [4.78, 5) is 45.5. The number of carbonyl (C=O) groups excluding carboxylic acids is 2. The molecule has 10 nitrogen and oxygen atoms in total. The van der Waals surface area contributed by atoms with Crippen LogP contribution in [0, 0.1) is 11.8 Å². The number of aliphatic hydroxyl groups excluding tert-OH is 1. The highest BCUT2D eigenvalue weighted by Gasteiger charge is 2.38. The van der Waals surface area contributed by atoms with Crippen molar-refractivity contribution in [2.75, 3.05) is 20.3 Å². The minimum Gasteiger partial charge on any atom is -0.501 e. The second-order valence-corrected chi connectivity index (χ2v) is 8.09. The van der Waals surface area contributed by atoms with E-state index >= 15 is 0 Å². The lowest BCUT2D eigenvalue weighted by molar-refractivity contribution is 0.0513. The van der Waals surface area contributed by atoms with Crippen LogP contribution in [0.25, 0.3) is 0 Å². The van der Waals surface area contributed by atoms with E-state index in [9.17, 15) is 24.6 Å². The molecule has 1 fully saturated rings. The molecule has 0 bridgehead atoms. The summed E-state index contributed by atoms with van der Waals surface area (Å²) < 4.78 is 10.4. The number of aliphatic hydroxyl groups is 1. The summed E-state index contributed by atoms with van der Waals surface area (Å²) in [7, 11) is 1.53. The van der Waals surface area contributed by atoms with Gasteiger partial charge in [0, 0.05) is 13.7 Å². The largest absolute Gasteiger partial charge is 0.501 e. The van der Waals surface area contributed by atoms with Gasteiger partial charge in [0.15, 0.2) is 5.69 Å². The van der Waals surface area contributed by atoms with E-state index in [1.54, 1.807) is 6.92 Å². The molecule has 0 saturated heterocycles. The number of benzene rings is 1. The Morgan fingerprint density at radius 2 is 1.97 bits per heavy atom. The van der Waals surface area contributed by atoms with Gasteiger partial charge in [-0.1, -0.05) is 30.3 Å². The number of hydrogen-bond donors (Lipinski definition) is 3. The van der Waals surface area contributed by atoms with Crippen LogP contribution in [-0.2, 0) is 16.1 Å². The van der Waals surface area contributed by atoms with Crippen LogP contribution in [-0.4, -0.2) is 57.4 Å². The predicted molar refractivity (Wildman–Crippen MR) is 118 cm³/mol. The molecule has 10 heteroatoms. The third-order valence-electron chi connectivity index (χ3n) is 5.86. The lowest BCUT2D eigenvalue weighted by Gasteiger charge is -2.31. The highest BCUT2D eigenvalue weighted by molar-refractivity contribution is 5.89. The molecule has 1 amide bonds. The molecule has 0 radical (unpaired) electrons. The van der Waals surface area contributed by atoms with Gasteiger partial charge in [-0.3, -0.25) is 4.79 Å². The molecule has 3 atom stereocenters. The number of carbonyl (C=O) groups is 2. The van der Waals surface area contributed by atoms with Crippen LogP contribution in [0.2, 0.25) is 0 Å². The normalized spacial score (nSPS) is 18.5. The van der Waals surface area contributed by atoms with E-state index < -0.39 is 35.1 Å². The molecule has 3 rings (SSSR count). The molecule has 1 saturated carbocycles. The van der Waals surface area contributed by atoms with Crippen molar-refractivity contribution in [1.29, 1.82) is 0 Å². The number of amides is 1. The summed E-state index contributed by atoms with van der Waals surface area (Å²) in [6, 6.07) is 8.46. The first kappa shape index (κ1) is 24.2. The highest BCUT2D eigenvalue weighted by Crippen LogP contribution is 2.41. The number of aromatic nitrogens is 2. The van der Waals surface area contributed by atoms with Crippen molar-refractivity contribution in [3.05, 3.63) is 57.8 Å². The predicted octanol–water partition coefficient (Wildman–Crippen LogP) is 2.37. The van der Waals surface area contributed by atoms with E-state index in [0.717, 1.165) is 12.0 Å². The van der Waals surface area contributed by atoms with Gasteiger partial charge < -0.3 is 29.6 Å². The smallest absolute Gasteiger partial charge is 0.410 e. The topological polar surface area (TPSA) is 142 Å². The molecule has 1 aromatic carbocycles. The number of H-pyrrole nitrogens is 1. The zero-order chi connectivity index (χ0) is 24.0. The minimum atomic E-state index is -0.935. The first-order chi connectivity index (χ1) is 15.8. The Labute approximate surface area is 191 Å². The summed E-state index contributed by atoms with van der Waals surface area (Å²) >= 11 is 0. The van der Waals surface area contributed by atoms with Crippen LogP contribution in [0.4, 0.5) is 4.79 Å². The number of esters is 1. The minimum absolute atomic E-state index is 0.0129. The van der Waals surface area contributed by atoms with E-state index in [1.165, 1.54) is 11.9 Å². The Kier molecular flexibility index (Phi) is 8.05. The fraction of sp³-hybridized carbons (Fsp3) is 0.478.